The van der Waals surface area contributed by atoms with Gasteiger partial charge in [-0.1, -0.05) is 91.0 Å². The molecule has 0 fully saturated rings. The van der Waals surface area contributed by atoms with E-state index in [1.54, 1.807) is 21.3 Å². The third-order valence-corrected chi connectivity index (χ3v) is 18.2. The second-order valence-electron chi connectivity index (χ2n) is 6.01. The van der Waals surface area contributed by atoms with E-state index < -0.39 is 15.9 Å². The van der Waals surface area contributed by atoms with Crippen LogP contribution in [0.25, 0.3) is 0 Å². The molecule has 0 aliphatic rings. The second-order valence-corrected chi connectivity index (χ2v) is 15.6. The van der Waals surface area contributed by atoms with E-state index in [1.165, 1.54) is 0 Å². The molecular formula is C21H24O3Si2. The van der Waals surface area contributed by atoms with Crippen molar-refractivity contribution >= 4 is 31.5 Å². The summed E-state index contributed by atoms with van der Waals surface area (Å²) in [5.41, 5.74) is 0. The van der Waals surface area contributed by atoms with Crippen LogP contribution < -0.4 is 15.6 Å². The third kappa shape index (κ3) is 2.88. The zero-order chi connectivity index (χ0) is 18.5. The van der Waals surface area contributed by atoms with E-state index in [1.807, 2.05) is 30.3 Å². The Morgan fingerprint density at radius 2 is 0.808 bits per heavy atom. The molecule has 0 bridgehead atoms. The minimum atomic E-state index is -2.96. The van der Waals surface area contributed by atoms with Crippen LogP contribution in [0, 0.1) is 0 Å². The fourth-order valence-corrected chi connectivity index (χ4v) is 16.7. The Balaban J connectivity index is 2.39. The molecule has 0 aromatic heterocycles. The van der Waals surface area contributed by atoms with E-state index in [4.69, 9.17) is 13.3 Å². The molecule has 0 heterocycles. The van der Waals surface area contributed by atoms with Gasteiger partial charge in [-0.05, 0) is 15.6 Å². The van der Waals surface area contributed by atoms with Crippen molar-refractivity contribution in [3.63, 3.8) is 0 Å². The van der Waals surface area contributed by atoms with E-state index in [0.29, 0.717) is 0 Å². The first-order chi connectivity index (χ1) is 12.7. The smallest absolute Gasteiger partial charge is 0.393 e. The van der Waals surface area contributed by atoms with Crippen LogP contribution in [0.5, 0.6) is 0 Å². The molecule has 0 saturated heterocycles. The van der Waals surface area contributed by atoms with Crippen molar-refractivity contribution in [2.75, 3.05) is 21.3 Å². The molecule has 3 nitrogen and oxygen atoms in total. The second kappa shape index (κ2) is 8.11. The van der Waals surface area contributed by atoms with Gasteiger partial charge in [0.25, 0.3) is 0 Å². The van der Waals surface area contributed by atoms with Gasteiger partial charge in [0, 0.05) is 21.3 Å². The Morgan fingerprint density at radius 3 is 1.12 bits per heavy atom. The molecule has 0 amide bonds. The minimum absolute atomic E-state index is 1.08. The molecule has 3 rings (SSSR count). The number of rotatable bonds is 7. The van der Waals surface area contributed by atoms with E-state index >= 15 is 0 Å². The summed E-state index contributed by atoms with van der Waals surface area (Å²) in [6, 6.07) is 31.0. The van der Waals surface area contributed by atoms with Crippen molar-refractivity contribution in [3.05, 3.63) is 91.0 Å². The average Bonchev–Trinajstić information content (AvgIpc) is 2.74. The van der Waals surface area contributed by atoms with Crippen LogP contribution in [0.4, 0.5) is 0 Å². The van der Waals surface area contributed by atoms with E-state index in [0.717, 1.165) is 15.6 Å². The highest BCUT2D eigenvalue weighted by atomic mass is 29.3. The van der Waals surface area contributed by atoms with Crippen molar-refractivity contribution in [1.29, 1.82) is 0 Å². The topological polar surface area (TPSA) is 27.7 Å². The van der Waals surface area contributed by atoms with Crippen molar-refractivity contribution < 1.29 is 13.3 Å². The maximum absolute atomic E-state index is 6.46. The highest BCUT2D eigenvalue weighted by molar-refractivity contribution is 7.49. The Morgan fingerprint density at radius 1 is 0.462 bits per heavy atom. The Hall–Kier alpha value is -2.03. The van der Waals surface area contributed by atoms with Crippen LogP contribution in [0.15, 0.2) is 91.0 Å². The van der Waals surface area contributed by atoms with Crippen LogP contribution in [0.2, 0.25) is 0 Å². The van der Waals surface area contributed by atoms with Crippen LogP contribution >= 0.6 is 0 Å². The molecule has 3 aromatic carbocycles. The summed E-state index contributed by atoms with van der Waals surface area (Å²) in [6.07, 6.45) is 0. The fourth-order valence-electron chi connectivity index (χ4n) is 3.73. The van der Waals surface area contributed by atoms with Gasteiger partial charge in [-0.2, -0.15) is 0 Å². The lowest BCUT2D eigenvalue weighted by Crippen LogP contribution is -2.84. The van der Waals surface area contributed by atoms with Gasteiger partial charge in [0.1, 0.15) is 0 Å². The predicted molar refractivity (Wildman–Crippen MR) is 111 cm³/mol. The number of hydrogen-bond acceptors (Lipinski definition) is 3. The van der Waals surface area contributed by atoms with Gasteiger partial charge in [-0.15, -0.1) is 0 Å². The Bertz CT molecular complexity index is 767. The molecule has 0 aliphatic heterocycles. The highest BCUT2D eigenvalue weighted by Gasteiger charge is 2.64. The molecule has 0 radical (unpaired) electrons. The quantitative estimate of drug-likeness (QED) is 0.588. The molecule has 5 heteroatoms. The van der Waals surface area contributed by atoms with Gasteiger partial charge in [-0.3, -0.25) is 0 Å². The van der Waals surface area contributed by atoms with Crippen LogP contribution in [0.1, 0.15) is 0 Å². The van der Waals surface area contributed by atoms with Gasteiger partial charge < -0.3 is 13.3 Å². The first-order valence-electron chi connectivity index (χ1n) is 8.57. The van der Waals surface area contributed by atoms with Gasteiger partial charge >= 0.3 is 15.9 Å². The van der Waals surface area contributed by atoms with E-state index in [-0.39, 0.29) is 0 Å². The number of hydrogen-bond donors (Lipinski definition) is 0. The zero-order valence-corrected chi connectivity index (χ0v) is 17.4. The standard InChI is InChI=1S/C21H24O3Si2/c1-22-25(19-13-7-4-8-14-19,20-15-9-5-10-16-20)26(23-2,24-3)21-17-11-6-12-18-21/h4-18H,1-3H3. The van der Waals surface area contributed by atoms with Gasteiger partial charge in [0.15, 0.2) is 0 Å². The molecule has 0 spiro atoms. The maximum atomic E-state index is 6.46. The molecule has 0 saturated carbocycles. The summed E-state index contributed by atoms with van der Waals surface area (Å²) in [4.78, 5) is 0. The maximum Gasteiger partial charge on any atom is 0.393 e. The monoisotopic (exact) mass is 380 g/mol. The summed E-state index contributed by atoms with van der Waals surface area (Å²) in [7, 11) is -0.535. The molecule has 26 heavy (non-hydrogen) atoms. The Labute approximate surface area is 157 Å². The molecule has 0 atom stereocenters. The lowest BCUT2D eigenvalue weighted by atomic mass is 10.4. The molecule has 134 valence electrons. The molecule has 0 unspecified atom stereocenters. The van der Waals surface area contributed by atoms with Crippen LogP contribution in [-0.2, 0) is 13.3 Å². The third-order valence-electron chi connectivity index (χ3n) is 4.86. The van der Waals surface area contributed by atoms with Crippen LogP contribution in [-0.4, -0.2) is 37.2 Å². The Kier molecular flexibility index (Phi) is 5.85. The van der Waals surface area contributed by atoms with Crippen molar-refractivity contribution in [2.24, 2.45) is 0 Å². The molecular weight excluding hydrogens is 356 g/mol. The normalized spacial score (nSPS) is 12.1. The van der Waals surface area contributed by atoms with E-state index in [2.05, 4.69) is 60.7 Å². The molecule has 0 N–H and O–H groups in total. The van der Waals surface area contributed by atoms with Gasteiger partial charge in [0.05, 0.1) is 0 Å². The first kappa shape index (κ1) is 18.8. The lowest BCUT2D eigenvalue weighted by Gasteiger charge is -2.43. The lowest BCUT2D eigenvalue weighted by molar-refractivity contribution is 0.266. The van der Waals surface area contributed by atoms with Gasteiger partial charge in [-0.25, -0.2) is 0 Å². The summed E-state index contributed by atoms with van der Waals surface area (Å²) in [5.74, 6) is 0. The summed E-state index contributed by atoms with van der Waals surface area (Å²) >= 11 is 0. The highest BCUT2D eigenvalue weighted by Crippen LogP contribution is 2.22. The largest absolute Gasteiger partial charge is 0.409 e. The molecule has 0 aliphatic carbocycles. The van der Waals surface area contributed by atoms with Crippen molar-refractivity contribution in [1.82, 2.24) is 0 Å². The first-order valence-corrected chi connectivity index (χ1v) is 13.3. The van der Waals surface area contributed by atoms with Crippen molar-refractivity contribution in [2.45, 2.75) is 0 Å². The fraction of sp³-hybridized carbons (Fsp3) is 0.143. The summed E-state index contributed by atoms with van der Waals surface area (Å²) in [5, 5.41) is 3.37. The number of benzene rings is 3. The predicted octanol–water partition coefficient (Wildman–Crippen LogP) is 2.11. The minimum Gasteiger partial charge on any atom is -0.409 e. The zero-order valence-electron chi connectivity index (χ0n) is 15.4. The van der Waals surface area contributed by atoms with E-state index in [9.17, 15) is 0 Å². The average molecular weight is 381 g/mol. The summed E-state index contributed by atoms with van der Waals surface area (Å²) in [6.45, 7) is 0. The van der Waals surface area contributed by atoms with Gasteiger partial charge in [0.2, 0.25) is 0 Å². The van der Waals surface area contributed by atoms with Crippen LogP contribution in [0.3, 0.4) is 0 Å². The molecule has 3 aromatic rings. The summed E-state index contributed by atoms with van der Waals surface area (Å²) < 4.78 is 19.0. The van der Waals surface area contributed by atoms with Crippen molar-refractivity contribution in [3.8, 4) is 0 Å². The SMILES string of the molecule is CO[Si](OC)(c1ccccc1)[Si](OC)(c1ccccc1)c1ccccc1.